The smallest absolute Gasteiger partial charge is 0.198 e. The van der Waals surface area contributed by atoms with Gasteiger partial charge in [0.25, 0.3) is 0 Å². The third-order valence-electron chi connectivity index (χ3n) is 4.88. The number of hydrogen-bond donors (Lipinski definition) is 0. The molecule has 0 fully saturated rings. The van der Waals surface area contributed by atoms with E-state index in [4.69, 9.17) is 9.73 Å². The lowest BCUT2D eigenvalue weighted by Gasteiger charge is -2.33. The summed E-state index contributed by atoms with van der Waals surface area (Å²) in [5.41, 5.74) is 3.01. The standard InChI is InChI=1S/C21H23FN4O/c1-4-5-6-10-21(3)25-18(15-8-7-9-17(22)19(15)27-21)16-12-24-26-13-14(2)11-23-20(16)26/h7-9,11-13H,4-6,10H2,1-3H3. The molecule has 3 heterocycles. The lowest BCUT2D eigenvalue weighted by Crippen LogP contribution is -2.36. The molecule has 0 radical (unpaired) electrons. The Hall–Kier alpha value is -2.76. The van der Waals surface area contributed by atoms with Gasteiger partial charge in [-0.05, 0) is 38.0 Å². The van der Waals surface area contributed by atoms with Crippen LogP contribution in [0.1, 0.15) is 56.2 Å². The Morgan fingerprint density at radius 1 is 1.19 bits per heavy atom. The maximum atomic E-state index is 14.6. The number of nitrogens with zero attached hydrogens (tertiary/aromatic N) is 4. The first kappa shape index (κ1) is 17.6. The molecule has 1 aliphatic heterocycles. The summed E-state index contributed by atoms with van der Waals surface area (Å²) in [6.07, 6.45) is 9.35. The normalized spacial score (nSPS) is 18.9. The number of ether oxygens (including phenoxy) is 1. The Kier molecular flexibility index (Phi) is 4.42. The summed E-state index contributed by atoms with van der Waals surface area (Å²) in [6.45, 7) is 6.04. The number of hydrogen-bond acceptors (Lipinski definition) is 4. The number of benzene rings is 1. The van der Waals surface area contributed by atoms with E-state index in [0.717, 1.165) is 36.8 Å². The third kappa shape index (κ3) is 3.20. The van der Waals surface area contributed by atoms with Crippen molar-refractivity contribution >= 4 is 11.4 Å². The molecule has 0 aliphatic carbocycles. The summed E-state index contributed by atoms with van der Waals surface area (Å²) in [6, 6.07) is 4.93. The summed E-state index contributed by atoms with van der Waals surface area (Å²) >= 11 is 0. The summed E-state index contributed by atoms with van der Waals surface area (Å²) in [4.78, 5) is 9.44. The second-order valence-electron chi connectivity index (χ2n) is 7.27. The second-order valence-corrected chi connectivity index (χ2v) is 7.27. The van der Waals surface area contributed by atoms with Crippen molar-refractivity contribution in [3.8, 4) is 5.75 Å². The molecule has 2 aromatic heterocycles. The van der Waals surface area contributed by atoms with Gasteiger partial charge in [-0.2, -0.15) is 5.10 Å². The molecule has 27 heavy (non-hydrogen) atoms. The van der Waals surface area contributed by atoms with Crippen LogP contribution in [0.3, 0.4) is 0 Å². The SMILES string of the molecule is CCCCCC1(C)N=C(c2cnn3cc(C)cnc23)c2cccc(F)c2O1. The number of aromatic nitrogens is 3. The van der Waals surface area contributed by atoms with E-state index in [2.05, 4.69) is 17.0 Å². The zero-order valence-corrected chi connectivity index (χ0v) is 15.9. The first-order valence-corrected chi connectivity index (χ1v) is 9.39. The molecule has 0 amide bonds. The number of aliphatic imine (C=N–C) groups is 1. The van der Waals surface area contributed by atoms with Crippen LogP contribution in [0.2, 0.25) is 0 Å². The number of halogens is 1. The molecule has 0 N–H and O–H groups in total. The van der Waals surface area contributed by atoms with Gasteiger partial charge in [0.15, 0.2) is 22.9 Å². The van der Waals surface area contributed by atoms with Gasteiger partial charge in [-0.3, -0.25) is 0 Å². The van der Waals surface area contributed by atoms with Gasteiger partial charge in [0, 0.05) is 24.4 Å². The highest BCUT2D eigenvalue weighted by Crippen LogP contribution is 2.37. The maximum absolute atomic E-state index is 14.6. The first-order valence-electron chi connectivity index (χ1n) is 9.39. The van der Waals surface area contributed by atoms with E-state index in [1.807, 2.05) is 26.1 Å². The van der Waals surface area contributed by atoms with Crippen LogP contribution in [0.5, 0.6) is 5.75 Å². The lowest BCUT2D eigenvalue weighted by molar-refractivity contribution is 0.0766. The highest BCUT2D eigenvalue weighted by Gasteiger charge is 2.35. The van der Waals surface area contributed by atoms with E-state index in [1.54, 1.807) is 23.0 Å². The van der Waals surface area contributed by atoms with Gasteiger partial charge in [-0.25, -0.2) is 18.9 Å². The molecule has 140 valence electrons. The molecule has 0 bridgehead atoms. The number of fused-ring (bicyclic) bond motifs is 2. The summed E-state index contributed by atoms with van der Waals surface area (Å²) in [5.74, 6) is -0.116. The molecule has 0 saturated heterocycles. The van der Waals surface area contributed by atoms with E-state index in [-0.39, 0.29) is 11.6 Å². The summed E-state index contributed by atoms with van der Waals surface area (Å²) in [7, 11) is 0. The van der Waals surface area contributed by atoms with Crippen molar-refractivity contribution < 1.29 is 9.13 Å². The van der Waals surface area contributed by atoms with Crippen molar-refractivity contribution in [3.63, 3.8) is 0 Å². The van der Waals surface area contributed by atoms with Crippen molar-refractivity contribution in [2.75, 3.05) is 0 Å². The zero-order valence-electron chi connectivity index (χ0n) is 15.9. The predicted molar refractivity (Wildman–Crippen MR) is 103 cm³/mol. The number of rotatable bonds is 5. The average molecular weight is 366 g/mol. The van der Waals surface area contributed by atoms with Crippen LogP contribution >= 0.6 is 0 Å². The molecule has 6 heteroatoms. The van der Waals surface area contributed by atoms with Crippen molar-refractivity contribution in [1.29, 1.82) is 0 Å². The predicted octanol–water partition coefficient (Wildman–Crippen LogP) is 4.70. The van der Waals surface area contributed by atoms with E-state index in [9.17, 15) is 4.39 Å². The lowest BCUT2D eigenvalue weighted by atomic mass is 9.98. The molecule has 1 atom stereocenters. The molecule has 1 aromatic carbocycles. The number of para-hydroxylation sites is 1. The van der Waals surface area contributed by atoms with E-state index in [0.29, 0.717) is 16.9 Å². The first-order chi connectivity index (χ1) is 13.0. The Balaban J connectivity index is 1.86. The van der Waals surface area contributed by atoms with Crippen LogP contribution in [-0.4, -0.2) is 26.0 Å². The van der Waals surface area contributed by atoms with Gasteiger partial charge in [0.1, 0.15) is 0 Å². The van der Waals surface area contributed by atoms with Gasteiger partial charge in [-0.1, -0.05) is 25.8 Å². The molecular formula is C21H23FN4O. The van der Waals surface area contributed by atoms with E-state index < -0.39 is 5.72 Å². The molecule has 5 nitrogen and oxygen atoms in total. The minimum Gasteiger partial charge on any atom is -0.463 e. The third-order valence-corrected chi connectivity index (χ3v) is 4.88. The second kappa shape index (κ2) is 6.76. The number of aryl methyl sites for hydroxylation is 1. The van der Waals surface area contributed by atoms with Gasteiger partial charge < -0.3 is 4.74 Å². The minimum atomic E-state index is -0.807. The number of unbranched alkanes of at least 4 members (excludes halogenated alkanes) is 2. The van der Waals surface area contributed by atoms with Crippen LogP contribution in [0.15, 0.2) is 41.8 Å². The molecule has 1 aliphatic rings. The van der Waals surface area contributed by atoms with Crippen LogP contribution < -0.4 is 4.74 Å². The van der Waals surface area contributed by atoms with Gasteiger partial charge in [-0.15, -0.1) is 0 Å². The van der Waals surface area contributed by atoms with Crippen molar-refractivity contribution in [2.45, 2.75) is 52.2 Å². The molecule has 3 aromatic rings. The minimum absolute atomic E-state index is 0.257. The Morgan fingerprint density at radius 3 is 2.85 bits per heavy atom. The molecular weight excluding hydrogens is 343 g/mol. The van der Waals surface area contributed by atoms with Crippen LogP contribution in [0.4, 0.5) is 4.39 Å². The molecule has 0 spiro atoms. The van der Waals surface area contributed by atoms with E-state index in [1.165, 1.54) is 6.07 Å². The van der Waals surface area contributed by atoms with Gasteiger partial charge in [0.05, 0.1) is 17.5 Å². The Bertz CT molecular complexity index is 1030. The fraction of sp³-hybridized carbons (Fsp3) is 0.381. The van der Waals surface area contributed by atoms with Crippen LogP contribution in [-0.2, 0) is 0 Å². The molecule has 4 rings (SSSR count). The van der Waals surface area contributed by atoms with Gasteiger partial charge in [0.2, 0.25) is 0 Å². The summed E-state index contributed by atoms with van der Waals surface area (Å²) < 4.78 is 22.3. The van der Waals surface area contributed by atoms with E-state index >= 15 is 0 Å². The maximum Gasteiger partial charge on any atom is 0.198 e. The highest BCUT2D eigenvalue weighted by atomic mass is 19.1. The fourth-order valence-electron chi connectivity index (χ4n) is 3.49. The largest absolute Gasteiger partial charge is 0.463 e. The summed E-state index contributed by atoms with van der Waals surface area (Å²) in [5, 5.41) is 4.41. The van der Waals surface area contributed by atoms with Crippen LogP contribution in [0.25, 0.3) is 5.65 Å². The average Bonchev–Trinajstić information content (AvgIpc) is 3.05. The fourth-order valence-corrected chi connectivity index (χ4v) is 3.49. The topological polar surface area (TPSA) is 51.8 Å². The Morgan fingerprint density at radius 2 is 2.04 bits per heavy atom. The van der Waals surface area contributed by atoms with Crippen LogP contribution in [0, 0.1) is 12.7 Å². The van der Waals surface area contributed by atoms with Crippen molar-refractivity contribution in [1.82, 2.24) is 14.6 Å². The molecule has 1 unspecified atom stereocenters. The van der Waals surface area contributed by atoms with Crippen molar-refractivity contribution in [3.05, 3.63) is 59.3 Å². The highest BCUT2D eigenvalue weighted by molar-refractivity contribution is 6.18. The quantitative estimate of drug-likeness (QED) is 0.615. The Labute approximate surface area is 157 Å². The molecule has 0 saturated carbocycles. The zero-order chi connectivity index (χ0) is 19.0. The van der Waals surface area contributed by atoms with Gasteiger partial charge >= 0.3 is 0 Å². The monoisotopic (exact) mass is 366 g/mol. The van der Waals surface area contributed by atoms with Crippen molar-refractivity contribution in [2.24, 2.45) is 4.99 Å².